The van der Waals surface area contributed by atoms with Gasteiger partial charge in [0, 0.05) is 12.6 Å². The number of aromatic amines is 1. The number of likely N-dealkylation sites (tertiary alicyclic amines) is 1. The minimum absolute atomic E-state index is 0.216. The molecule has 0 saturated carbocycles. The van der Waals surface area contributed by atoms with Gasteiger partial charge in [0.25, 0.3) is 5.56 Å². The van der Waals surface area contributed by atoms with Crippen molar-refractivity contribution in [3.05, 3.63) is 22.1 Å². The Kier molecular flexibility index (Phi) is 2.98. The molecule has 0 spiro atoms. The number of aromatic nitrogens is 4. The quantitative estimate of drug-likeness (QED) is 0.810. The topological polar surface area (TPSA) is 78.3 Å². The summed E-state index contributed by atoms with van der Waals surface area (Å²) < 4.78 is 1.59. The Morgan fingerprint density at radius 3 is 3.16 bits per heavy atom. The van der Waals surface area contributed by atoms with Gasteiger partial charge in [0.2, 0.25) is 5.95 Å². The Morgan fingerprint density at radius 1 is 1.53 bits per heavy atom. The van der Waals surface area contributed by atoms with E-state index in [-0.39, 0.29) is 5.56 Å². The van der Waals surface area contributed by atoms with Gasteiger partial charge >= 0.3 is 0 Å². The molecule has 3 heterocycles. The van der Waals surface area contributed by atoms with E-state index in [1.54, 1.807) is 10.6 Å². The minimum atomic E-state index is -0.216. The zero-order chi connectivity index (χ0) is 13.4. The maximum atomic E-state index is 11.7. The number of nitrogens with one attached hydrogen (secondary N) is 2. The number of aryl methyl sites for hydroxylation is 1. The number of anilines is 1. The summed E-state index contributed by atoms with van der Waals surface area (Å²) in [5.41, 5.74) is 1.12. The van der Waals surface area contributed by atoms with Crippen molar-refractivity contribution < 1.29 is 0 Å². The predicted octanol–water partition coefficient (Wildman–Crippen LogP) is 0.232. The van der Waals surface area contributed by atoms with Crippen LogP contribution in [0.3, 0.4) is 0 Å². The van der Waals surface area contributed by atoms with Crippen molar-refractivity contribution in [3.8, 4) is 0 Å². The van der Waals surface area contributed by atoms with Crippen LogP contribution < -0.4 is 10.9 Å². The molecule has 7 nitrogen and oxygen atoms in total. The van der Waals surface area contributed by atoms with Crippen LogP contribution in [0.1, 0.15) is 18.5 Å². The van der Waals surface area contributed by atoms with Crippen LogP contribution in [0.4, 0.5) is 5.95 Å². The van der Waals surface area contributed by atoms with Crippen molar-refractivity contribution in [2.24, 2.45) is 0 Å². The van der Waals surface area contributed by atoms with Crippen LogP contribution >= 0.6 is 0 Å². The first-order valence-electron chi connectivity index (χ1n) is 6.53. The molecule has 2 aromatic heterocycles. The number of nitrogens with zero attached hydrogens (tertiary/aromatic N) is 4. The molecule has 1 fully saturated rings. The van der Waals surface area contributed by atoms with Gasteiger partial charge in [-0.15, -0.1) is 5.10 Å². The molecule has 7 heteroatoms. The second-order valence-electron chi connectivity index (χ2n) is 5.20. The molecule has 0 amide bonds. The zero-order valence-electron chi connectivity index (χ0n) is 11.2. The van der Waals surface area contributed by atoms with Gasteiger partial charge in [0.05, 0.1) is 5.69 Å². The summed E-state index contributed by atoms with van der Waals surface area (Å²) in [6.45, 7) is 3.97. The number of fused-ring (bicyclic) bond motifs is 1. The second-order valence-corrected chi connectivity index (χ2v) is 5.20. The molecular weight excluding hydrogens is 244 g/mol. The highest BCUT2D eigenvalue weighted by Gasteiger charge is 2.19. The normalized spacial score (nSPS) is 20.8. The summed E-state index contributed by atoms with van der Waals surface area (Å²) >= 11 is 0. The fourth-order valence-electron chi connectivity index (χ4n) is 2.59. The SMILES string of the molecule is Cc1cc2c(=O)[nH]nc(N[C@@H]3CCCN(C)C3)n2n1. The maximum Gasteiger partial charge on any atom is 0.290 e. The summed E-state index contributed by atoms with van der Waals surface area (Å²) in [6, 6.07) is 2.10. The van der Waals surface area contributed by atoms with E-state index >= 15 is 0 Å². The van der Waals surface area contributed by atoms with Crippen LogP contribution in [0.5, 0.6) is 0 Å². The summed E-state index contributed by atoms with van der Waals surface area (Å²) in [4.78, 5) is 14.0. The highest BCUT2D eigenvalue weighted by molar-refractivity contribution is 5.49. The molecule has 19 heavy (non-hydrogen) atoms. The van der Waals surface area contributed by atoms with Crippen molar-refractivity contribution in [2.75, 3.05) is 25.5 Å². The lowest BCUT2D eigenvalue weighted by molar-refractivity contribution is 0.260. The van der Waals surface area contributed by atoms with Crippen molar-refractivity contribution in [2.45, 2.75) is 25.8 Å². The van der Waals surface area contributed by atoms with Crippen molar-refractivity contribution >= 4 is 11.5 Å². The molecule has 1 aliphatic rings. The highest BCUT2D eigenvalue weighted by Crippen LogP contribution is 2.13. The van der Waals surface area contributed by atoms with E-state index in [4.69, 9.17) is 0 Å². The van der Waals surface area contributed by atoms with Gasteiger partial charge in [-0.3, -0.25) is 4.79 Å². The van der Waals surface area contributed by atoms with Gasteiger partial charge in [0.15, 0.2) is 0 Å². The van der Waals surface area contributed by atoms with E-state index in [2.05, 4.69) is 32.6 Å². The lowest BCUT2D eigenvalue weighted by atomic mass is 10.1. The third-order valence-electron chi connectivity index (χ3n) is 3.49. The standard InChI is InChI=1S/C12H18N6O/c1-8-6-10-11(19)14-15-12(18(10)16-8)13-9-4-3-5-17(2)7-9/h6,9H,3-5,7H2,1-2H3,(H,13,15)(H,14,19)/t9-/m1/s1. The van der Waals surface area contributed by atoms with Crippen LogP contribution in [0, 0.1) is 6.92 Å². The Morgan fingerprint density at radius 2 is 2.37 bits per heavy atom. The van der Waals surface area contributed by atoms with E-state index in [9.17, 15) is 4.79 Å². The second kappa shape index (κ2) is 4.65. The fourth-order valence-corrected chi connectivity index (χ4v) is 2.59. The molecule has 1 aliphatic heterocycles. The van der Waals surface area contributed by atoms with E-state index in [0.717, 1.165) is 25.2 Å². The van der Waals surface area contributed by atoms with Crippen molar-refractivity contribution in [1.29, 1.82) is 0 Å². The molecule has 1 saturated heterocycles. The average molecular weight is 262 g/mol. The Hall–Kier alpha value is -1.89. The molecule has 2 N–H and O–H groups in total. The molecule has 0 bridgehead atoms. The van der Waals surface area contributed by atoms with E-state index in [1.165, 1.54) is 6.42 Å². The summed E-state index contributed by atoms with van der Waals surface area (Å²) in [6.07, 6.45) is 2.27. The van der Waals surface area contributed by atoms with E-state index in [1.807, 2.05) is 6.92 Å². The molecule has 0 unspecified atom stereocenters. The van der Waals surface area contributed by atoms with Crippen LogP contribution in [0.15, 0.2) is 10.9 Å². The van der Waals surface area contributed by atoms with Gasteiger partial charge < -0.3 is 10.2 Å². The number of H-pyrrole nitrogens is 1. The molecular formula is C12H18N6O. The third-order valence-corrected chi connectivity index (χ3v) is 3.49. The number of rotatable bonds is 2. The molecule has 0 aromatic carbocycles. The molecule has 0 radical (unpaired) electrons. The summed E-state index contributed by atoms with van der Waals surface area (Å²) in [7, 11) is 2.11. The van der Waals surface area contributed by atoms with Crippen LogP contribution in [0.2, 0.25) is 0 Å². The van der Waals surface area contributed by atoms with Gasteiger partial charge in [-0.1, -0.05) is 0 Å². The fraction of sp³-hybridized carbons (Fsp3) is 0.583. The van der Waals surface area contributed by atoms with Crippen molar-refractivity contribution in [1.82, 2.24) is 24.7 Å². The molecule has 0 aliphatic carbocycles. The monoisotopic (exact) mass is 262 g/mol. The minimum Gasteiger partial charge on any atom is -0.349 e. The largest absolute Gasteiger partial charge is 0.349 e. The highest BCUT2D eigenvalue weighted by atomic mass is 16.1. The van der Waals surface area contributed by atoms with Crippen LogP contribution in [-0.2, 0) is 0 Å². The molecule has 2 aromatic rings. The first kappa shape index (κ1) is 12.2. The third kappa shape index (κ3) is 2.33. The smallest absolute Gasteiger partial charge is 0.290 e. The lowest BCUT2D eigenvalue weighted by Gasteiger charge is -2.30. The first-order valence-corrected chi connectivity index (χ1v) is 6.53. The van der Waals surface area contributed by atoms with Crippen LogP contribution in [0.25, 0.3) is 5.52 Å². The Bertz CT molecular complexity index is 645. The zero-order valence-corrected chi connectivity index (χ0v) is 11.2. The van der Waals surface area contributed by atoms with Crippen LogP contribution in [-0.4, -0.2) is 50.9 Å². The number of likely N-dealkylation sites (N-methyl/N-ethyl adjacent to an activating group) is 1. The molecule has 3 rings (SSSR count). The average Bonchev–Trinajstić information content (AvgIpc) is 2.76. The van der Waals surface area contributed by atoms with Crippen molar-refractivity contribution in [3.63, 3.8) is 0 Å². The predicted molar refractivity (Wildman–Crippen MR) is 72.5 cm³/mol. The summed E-state index contributed by atoms with van der Waals surface area (Å²) in [5, 5.41) is 14.3. The van der Waals surface area contributed by atoms with Gasteiger partial charge in [-0.2, -0.15) is 9.61 Å². The Balaban J connectivity index is 1.92. The number of piperidine rings is 1. The first-order chi connectivity index (χ1) is 9.13. The summed E-state index contributed by atoms with van der Waals surface area (Å²) in [5.74, 6) is 0.600. The molecule has 1 atom stereocenters. The Labute approximate surface area is 110 Å². The number of hydrogen-bond acceptors (Lipinski definition) is 5. The lowest BCUT2D eigenvalue weighted by Crippen LogP contribution is -2.40. The van der Waals surface area contributed by atoms with Gasteiger partial charge in [-0.25, -0.2) is 5.10 Å². The van der Waals surface area contributed by atoms with E-state index in [0.29, 0.717) is 17.5 Å². The van der Waals surface area contributed by atoms with Gasteiger partial charge in [0.1, 0.15) is 5.52 Å². The maximum absolute atomic E-state index is 11.7. The van der Waals surface area contributed by atoms with E-state index < -0.39 is 0 Å². The van der Waals surface area contributed by atoms with Gasteiger partial charge in [-0.05, 0) is 39.4 Å². The molecule has 102 valence electrons. The number of hydrogen-bond donors (Lipinski definition) is 2.